The molecule has 2 aliphatic rings. The molecule has 0 N–H and O–H groups in total. The maximum Gasteiger partial charge on any atom is 0.218 e. The molecule has 0 radical (unpaired) electrons. The van der Waals surface area contributed by atoms with Crippen LogP contribution in [0, 0.1) is 5.82 Å². The van der Waals surface area contributed by atoms with Crippen molar-refractivity contribution in [3.05, 3.63) is 35.6 Å². The third kappa shape index (κ3) is 2.87. The predicted octanol–water partition coefficient (Wildman–Crippen LogP) is 1.44. The van der Waals surface area contributed by atoms with E-state index in [0.717, 1.165) is 25.9 Å². The molecule has 2 fully saturated rings. The van der Waals surface area contributed by atoms with Crippen LogP contribution in [0.5, 0.6) is 0 Å². The Labute approximate surface area is 119 Å². The molecule has 0 bridgehead atoms. The summed E-state index contributed by atoms with van der Waals surface area (Å²) in [4.78, 5) is 2.38. The number of nitrogens with zero attached hydrogens (tertiary/aromatic N) is 2. The molecule has 0 saturated carbocycles. The number of rotatable bonds is 3. The van der Waals surface area contributed by atoms with Gasteiger partial charge in [0.05, 0.1) is 5.75 Å². The fraction of sp³-hybridized carbons (Fsp3) is 0.571. The largest absolute Gasteiger partial charge is 0.298 e. The molecule has 2 heterocycles. The minimum absolute atomic E-state index is 0.0417. The zero-order valence-electron chi connectivity index (χ0n) is 11.3. The summed E-state index contributed by atoms with van der Waals surface area (Å²) in [6.45, 7) is 3.09. The van der Waals surface area contributed by atoms with Crippen LogP contribution in [0.1, 0.15) is 18.4 Å². The van der Waals surface area contributed by atoms with Crippen molar-refractivity contribution in [2.45, 2.75) is 24.6 Å². The zero-order valence-corrected chi connectivity index (χ0v) is 12.2. The number of halogens is 1. The van der Waals surface area contributed by atoms with Gasteiger partial charge in [0, 0.05) is 25.7 Å². The van der Waals surface area contributed by atoms with Gasteiger partial charge in [-0.3, -0.25) is 4.90 Å². The van der Waals surface area contributed by atoms with Gasteiger partial charge >= 0.3 is 0 Å². The summed E-state index contributed by atoms with van der Waals surface area (Å²) < 4.78 is 39.3. The number of piperazine rings is 1. The molecule has 1 aromatic carbocycles. The molecule has 0 unspecified atom stereocenters. The highest BCUT2D eigenvalue weighted by Crippen LogP contribution is 2.24. The lowest BCUT2D eigenvalue weighted by molar-refractivity contribution is 0.158. The molecule has 6 heteroatoms. The van der Waals surface area contributed by atoms with Crippen LogP contribution < -0.4 is 0 Å². The van der Waals surface area contributed by atoms with Crippen molar-refractivity contribution in [2.24, 2.45) is 0 Å². The van der Waals surface area contributed by atoms with Crippen LogP contribution in [0.15, 0.2) is 24.3 Å². The van der Waals surface area contributed by atoms with Crippen LogP contribution in [0.2, 0.25) is 0 Å². The highest BCUT2D eigenvalue weighted by atomic mass is 32.2. The van der Waals surface area contributed by atoms with Gasteiger partial charge in [0.15, 0.2) is 0 Å². The van der Waals surface area contributed by atoms with E-state index in [1.165, 1.54) is 12.1 Å². The lowest BCUT2D eigenvalue weighted by Gasteiger charge is -2.36. The van der Waals surface area contributed by atoms with Gasteiger partial charge in [-0.2, -0.15) is 4.31 Å². The molecule has 110 valence electrons. The number of fused-ring (bicyclic) bond motifs is 1. The molecule has 0 amide bonds. The molecule has 0 aromatic heterocycles. The van der Waals surface area contributed by atoms with E-state index in [-0.39, 0.29) is 11.6 Å². The van der Waals surface area contributed by atoms with Gasteiger partial charge in [-0.25, -0.2) is 12.8 Å². The maximum atomic E-state index is 12.9. The number of hydrogen-bond donors (Lipinski definition) is 0. The summed E-state index contributed by atoms with van der Waals surface area (Å²) in [5.74, 6) is -0.384. The van der Waals surface area contributed by atoms with Crippen LogP contribution in [0.25, 0.3) is 0 Å². The van der Waals surface area contributed by atoms with Crippen molar-refractivity contribution >= 4 is 10.0 Å². The number of benzene rings is 1. The average Bonchev–Trinajstić information content (AvgIpc) is 2.88. The van der Waals surface area contributed by atoms with E-state index < -0.39 is 10.0 Å². The van der Waals surface area contributed by atoms with Gasteiger partial charge in [0.2, 0.25) is 10.0 Å². The van der Waals surface area contributed by atoms with Crippen LogP contribution in [-0.2, 0) is 15.8 Å². The Kier molecular flexibility index (Phi) is 3.79. The van der Waals surface area contributed by atoms with E-state index >= 15 is 0 Å². The van der Waals surface area contributed by atoms with Crippen LogP contribution in [0.4, 0.5) is 4.39 Å². The smallest absolute Gasteiger partial charge is 0.218 e. The first kappa shape index (κ1) is 14.0. The minimum Gasteiger partial charge on any atom is -0.298 e. The van der Waals surface area contributed by atoms with Gasteiger partial charge in [-0.1, -0.05) is 12.1 Å². The lowest BCUT2D eigenvalue weighted by Crippen LogP contribution is -2.52. The van der Waals surface area contributed by atoms with Gasteiger partial charge in [-0.05, 0) is 37.1 Å². The zero-order chi connectivity index (χ0) is 14.2. The first-order valence-corrected chi connectivity index (χ1v) is 8.62. The minimum atomic E-state index is -3.30. The van der Waals surface area contributed by atoms with Crippen molar-refractivity contribution < 1.29 is 12.8 Å². The van der Waals surface area contributed by atoms with Crippen molar-refractivity contribution in [3.8, 4) is 0 Å². The SMILES string of the molecule is O=S(=O)(Cc1ccc(F)cc1)N1CCN2CCC[C@H]2C1. The van der Waals surface area contributed by atoms with E-state index in [0.29, 0.717) is 24.7 Å². The third-order valence-corrected chi connectivity index (χ3v) is 6.02. The Morgan fingerprint density at radius 2 is 1.90 bits per heavy atom. The second-order valence-electron chi connectivity index (χ2n) is 5.57. The molecule has 0 spiro atoms. The highest BCUT2D eigenvalue weighted by Gasteiger charge is 2.35. The van der Waals surface area contributed by atoms with Crippen molar-refractivity contribution in [3.63, 3.8) is 0 Å². The van der Waals surface area contributed by atoms with Crippen molar-refractivity contribution in [1.82, 2.24) is 9.21 Å². The van der Waals surface area contributed by atoms with Gasteiger partial charge in [0.1, 0.15) is 5.82 Å². The Morgan fingerprint density at radius 1 is 1.15 bits per heavy atom. The summed E-state index contributed by atoms with van der Waals surface area (Å²) in [7, 11) is -3.30. The molecule has 0 aliphatic carbocycles. The first-order chi connectivity index (χ1) is 9.54. The van der Waals surface area contributed by atoms with Crippen LogP contribution in [0.3, 0.4) is 0 Å². The van der Waals surface area contributed by atoms with E-state index in [2.05, 4.69) is 4.90 Å². The Balaban J connectivity index is 1.70. The quantitative estimate of drug-likeness (QED) is 0.848. The molecule has 3 rings (SSSR count). The normalized spacial score (nSPS) is 24.8. The van der Waals surface area contributed by atoms with E-state index in [1.807, 2.05) is 0 Å². The number of hydrogen-bond acceptors (Lipinski definition) is 3. The molecule has 1 atom stereocenters. The standard InChI is InChI=1S/C14H19FN2O2S/c15-13-5-3-12(4-6-13)11-20(18,19)17-9-8-16-7-1-2-14(16)10-17/h3-6,14H,1-2,7-11H2/t14-/m0/s1. The fourth-order valence-electron chi connectivity index (χ4n) is 3.10. The van der Waals surface area contributed by atoms with Gasteiger partial charge < -0.3 is 0 Å². The predicted molar refractivity (Wildman–Crippen MR) is 75.2 cm³/mol. The lowest BCUT2D eigenvalue weighted by atomic mass is 10.2. The monoisotopic (exact) mass is 298 g/mol. The summed E-state index contributed by atoms with van der Waals surface area (Å²) in [5, 5.41) is 0. The Hall–Kier alpha value is -0.980. The molecular formula is C14H19FN2O2S. The van der Waals surface area contributed by atoms with Crippen molar-refractivity contribution in [1.29, 1.82) is 0 Å². The van der Waals surface area contributed by atoms with Crippen LogP contribution in [-0.4, -0.2) is 49.8 Å². The molecule has 2 saturated heterocycles. The Bertz CT molecular complexity index is 573. The summed E-state index contributed by atoms with van der Waals surface area (Å²) in [5.41, 5.74) is 0.639. The molecular weight excluding hydrogens is 279 g/mol. The third-order valence-electron chi connectivity index (χ3n) is 4.21. The van der Waals surface area contributed by atoms with Gasteiger partial charge in [-0.15, -0.1) is 0 Å². The molecule has 4 nitrogen and oxygen atoms in total. The molecule has 1 aromatic rings. The van der Waals surface area contributed by atoms with Gasteiger partial charge in [0.25, 0.3) is 0 Å². The Morgan fingerprint density at radius 3 is 2.65 bits per heavy atom. The second-order valence-corrected chi connectivity index (χ2v) is 7.54. The topological polar surface area (TPSA) is 40.6 Å². The first-order valence-electron chi connectivity index (χ1n) is 7.01. The highest BCUT2D eigenvalue weighted by molar-refractivity contribution is 7.88. The summed E-state index contributed by atoms with van der Waals surface area (Å²) in [6.07, 6.45) is 2.25. The van der Waals surface area contributed by atoms with E-state index in [9.17, 15) is 12.8 Å². The molecule has 2 aliphatic heterocycles. The van der Waals surface area contributed by atoms with Crippen molar-refractivity contribution in [2.75, 3.05) is 26.2 Å². The maximum absolute atomic E-state index is 12.9. The fourth-order valence-corrected chi connectivity index (χ4v) is 4.65. The van der Waals surface area contributed by atoms with E-state index in [1.54, 1.807) is 16.4 Å². The molecule has 20 heavy (non-hydrogen) atoms. The van der Waals surface area contributed by atoms with Crippen LogP contribution >= 0.6 is 0 Å². The average molecular weight is 298 g/mol. The number of sulfonamides is 1. The summed E-state index contributed by atoms with van der Waals surface area (Å²) >= 11 is 0. The van der Waals surface area contributed by atoms with E-state index in [4.69, 9.17) is 0 Å². The second kappa shape index (κ2) is 5.42. The summed E-state index contributed by atoms with van der Waals surface area (Å²) in [6, 6.07) is 6.07.